The van der Waals surface area contributed by atoms with Crippen LogP contribution in [0.15, 0.2) is 24.3 Å². The van der Waals surface area contributed by atoms with Crippen molar-refractivity contribution in [1.82, 2.24) is 10.2 Å². The normalized spacial score (nSPS) is 17.8. The van der Waals surface area contributed by atoms with Gasteiger partial charge in [-0.25, -0.2) is 9.18 Å². The van der Waals surface area contributed by atoms with E-state index >= 15 is 0 Å². The Balaban J connectivity index is 1.87. The number of carboxylic acids is 1. The summed E-state index contributed by atoms with van der Waals surface area (Å²) >= 11 is 0. The first-order valence-corrected chi connectivity index (χ1v) is 8.70. The number of rotatable bonds is 7. The molecule has 0 bridgehead atoms. The van der Waals surface area contributed by atoms with Crippen LogP contribution in [0.1, 0.15) is 26.7 Å². The smallest absolute Gasteiger partial charge is 0.326 e. The molecule has 2 unspecified atom stereocenters. The van der Waals surface area contributed by atoms with Gasteiger partial charge in [0, 0.05) is 31.9 Å². The average Bonchev–Trinajstić information content (AvgIpc) is 2.61. The minimum Gasteiger partial charge on any atom is -0.480 e. The summed E-state index contributed by atoms with van der Waals surface area (Å²) in [6, 6.07) is 5.18. The van der Waals surface area contributed by atoms with E-state index in [-0.39, 0.29) is 17.8 Å². The van der Waals surface area contributed by atoms with E-state index in [2.05, 4.69) is 10.2 Å². The zero-order valence-electron chi connectivity index (χ0n) is 14.7. The van der Waals surface area contributed by atoms with Crippen molar-refractivity contribution in [3.8, 4) is 0 Å². The van der Waals surface area contributed by atoms with Gasteiger partial charge in [0.2, 0.25) is 5.91 Å². The van der Waals surface area contributed by atoms with Gasteiger partial charge in [0.15, 0.2) is 0 Å². The molecule has 1 heterocycles. The second-order valence-electron chi connectivity index (χ2n) is 6.36. The molecule has 0 spiro atoms. The fraction of sp³-hybridized carbons (Fsp3) is 0.556. The van der Waals surface area contributed by atoms with Crippen molar-refractivity contribution in [2.75, 3.05) is 31.1 Å². The summed E-state index contributed by atoms with van der Waals surface area (Å²) in [5, 5.41) is 11.8. The Bertz CT molecular complexity index is 586. The lowest BCUT2D eigenvalue weighted by Gasteiger charge is -2.38. The summed E-state index contributed by atoms with van der Waals surface area (Å²) in [6.07, 6.45) is 1.12. The fourth-order valence-electron chi connectivity index (χ4n) is 3.02. The number of aliphatic carboxylic acids is 1. The van der Waals surface area contributed by atoms with Gasteiger partial charge in [-0.05, 0) is 37.6 Å². The largest absolute Gasteiger partial charge is 0.480 e. The number of hydrogen-bond donors (Lipinski definition) is 2. The number of hydrogen-bond acceptors (Lipinski definition) is 4. The molecule has 6 nitrogen and oxygen atoms in total. The van der Waals surface area contributed by atoms with Crippen molar-refractivity contribution in [3.63, 3.8) is 0 Å². The van der Waals surface area contributed by atoms with Gasteiger partial charge in [0.1, 0.15) is 11.9 Å². The van der Waals surface area contributed by atoms with E-state index in [9.17, 15) is 14.0 Å². The van der Waals surface area contributed by atoms with Crippen molar-refractivity contribution >= 4 is 17.6 Å². The Morgan fingerprint density at radius 1 is 1.20 bits per heavy atom. The second kappa shape index (κ2) is 8.80. The molecule has 2 atom stereocenters. The van der Waals surface area contributed by atoms with E-state index < -0.39 is 12.0 Å². The van der Waals surface area contributed by atoms with Crippen molar-refractivity contribution in [3.05, 3.63) is 30.1 Å². The molecule has 1 aliphatic rings. The van der Waals surface area contributed by atoms with Crippen LogP contribution in [0.25, 0.3) is 0 Å². The van der Waals surface area contributed by atoms with Gasteiger partial charge in [-0.3, -0.25) is 9.69 Å². The Kier molecular flexibility index (Phi) is 6.75. The SMILES string of the molecule is CCCC(NC(=O)C(C)N1CCN(c2ccc(F)cc2)CC1)C(=O)O. The van der Waals surface area contributed by atoms with E-state index in [4.69, 9.17) is 5.11 Å². The number of carboxylic acid groups (broad SMARTS) is 1. The maximum absolute atomic E-state index is 13.0. The average molecular weight is 351 g/mol. The van der Waals surface area contributed by atoms with E-state index in [1.54, 1.807) is 19.1 Å². The quantitative estimate of drug-likeness (QED) is 0.782. The lowest BCUT2D eigenvalue weighted by Crippen LogP contribution is -2.55. The van der Waals surface area contributed by atoms with E-state index in [1.165, 1.54) is 12.1 Å². The molecule has 0 saturated carbocycles. The standard InChI is InChI=1S/C18H26FN3O3/c1-3-4-16(18(24)25)20-17(23)13(2)21-9-11-22(12-10-21)15-7-5-14(19)6-8-15/h5-8,13,16H,3-4,9-12H2,1-2H3,(H,20,23)(H,24,25). The fourth-order valence-corrected chi connectivity index (χ4v) is 3.02. The van der Waals surface area contributed by atoms with E-state index in [0.717, 1.165) is 18.8 Å². The zero-order valence-corrected chi connectivity index (χ0v) is 14.7. The lowest BCUT2D eigenvalue weighted by molar-refractivity contribution is -0.142. The Morgan fingerprint density at radius 3 is 2.32 bits per heavy atom. The number of anilines is 1. The molecule has 1 aromatic rings. The van der Waals surface area contributed by atoms with E-state index in [0.29, 0.717) is 25.9 Å². The van der Waals surface area contributed by atoms with Crippen LogP contribution in [-0.4, -0.2) is 60.1 Å². The van der Waals surface area contributed by atoms with Crippen LogP contribution < -0.4 is 10.2 Å². The first kappa shape index (κ1) is 19.2. The Labute approximate surface area is 147 Å². The first-order chi connectivity index (χ1) is 11.9. The molecule has 1 fully saturated rings. The Morgan fingerprint density at radius 2 is 1.80 bits per heavy atom. The molecule has 7 heteroatoms. The van der Waals surface area contributed by atoms with Gasteiger partial charge in [0.25, 0.3) is 0 Å². The highest BCUT2D eigenvalue weighted by Gasteiger charge is 2.28. The van der Waals surface area contributed by atoms with Gasteiger partial charge in [-0.1, -0.05) is 13.3 Å². The minimum absolute atomic E-state index is 0.254. The predicted octanol–water partition coefficient (Wildman–Crippen LogP) is 1.71. The number of nitrogens with one attached hydrogen (secondary N) is 1. The first-order valence-electron chi connectivity index (χ1n) is 8.70. The van der Waals surface area contributed by atoms with Crippen LogP contribution in [0.2, 0.25) is 0 Å². The summed E-state index contributed by atoms with van der Waals surface area (Å²) in [5.74, 6) is -1.51. The van der Waals surface area contributed by atoms with Gasteiger partial charge < -0.3 is 15.3 Å². The van der Waals surface area contributed by atoms with Crippen LogP contribution in [0.4, 0.5) is 10.1 Å². The summed E-state index contributed by atoms with van der Waals surface area (Å²) in [7, 11) is 0. The van der Waals surface area contributed by atoms with Crippen LogP contribution in [-0.2, 0) is 9.59 Å². The van der Waals surface area contributed by atoms with Gasteiger partial charge in [-0.15, -0.1) is 0 Å². The molecule has 1 amide bonds. The monoisotopic (exact) mass is 351 g/mol. The van der Waals surface area contributed by atoms with Gasteiger partial charge >= 0.3 is 5.97 Å². The van der Waals surface area contributed by atoms with E-state index in [1.807, 2.05) is 11.8 Å². The summed E-state index contributed by atoms with van der Waals surface area (Å²) < 4.78 is 13.0. The number of piperazine rings is 1. The van der Waals surface area contributed by atoms with Crippen LogP contribution in [0, 0.1) is 5.82 Å². The van der Waals surface area contributed by atoms with Crippen LogP contribution >= 0.6 is 0 Å². The second-order valence-corrected chi connectivity index (χ2v) is 6.36. The molecule has 1 aliphatic heterocycles. The molecule has 0 aromatic heterocycles. The lowest BCUT2D eigenvalue weighted by atomic mass is 10.1. The highest BCUT2D eigenvalue weighted by molar-refractivity contribution is 5.86. The molecule has 138 valence electrons. The third-order valence-electron chi connectivity index (χ3n) is 4.63. The number of amides is 1. The summed E-state index contributed by atoms with van der Waals surface area (Å²) in [4.78, 5) is 27.7. The molecular formula is C18H26FN3O3. The van der Waals surface area contributed by atoms with Crippen molar-refractivity contribution < 1.29 is 19.1 Å². The molecule has 0 radical (unpaired) electrons. The highest BCUT2D eigenvalue weighted by Crippen LogP contribution is 2.18. The molecule has 0 aliphatic carbocycles. The van der Waals surface area contributed by atoms with Crippen LogP contribution in [0.5, 0.6) is 0 Å². The summed E-state index contributed by atoms with van der Waals surface area (Å²) in [5.41, 5.74) is 0.965. The molecule has 1 aromatic carbocycles. The molecule has 2 rings (SSSR count). The van der Waals surface area contributed by atoms with Crippen LogP contribution in [0.3, 0.4) is 0 Å². The van der Waals surface area contributed by atoms with Crippen molar-refractivity contribution in [2.24, 2.45) is 0 Å². The predicted molar refractivity (Wildman–Crippen MR) is 94.1 cm³/mol. The topological polar surface area (TPSA) is 72.9 Å². The molecule has 2 N–H and O–H groups in total. The number of nitrogens with zero attached hydrogens (tertiary/aromatic N) is 2. The maximum atomic E-state index is 13.0. The molecular weight excluding hydrogens is 325 g/mol. The third-order valence-corrected chi connectivity index (χ3v) is 4.63. The van der Waals surface area contributed by atoms with Gasteiger partial charge in [0.05, 0.1) is 6.04 Å². The molecule has 1 saturated heterocycles. The number of carbonyl (C=O) groups excluding carboxylic acids is 1. The van der Waals surface area contributed by atoms with Crippen molar-refractivity contribution in [2.45, 2.75) is 38.8 Å². The number of benzene rings is 1. The Hall–Kier alpha value is -2.15. The maximum Gasteiger partial charge on any atom is 0.326 e. The highest BCUT2D eigenvalue weighted by atomic mass is 19.1. The molecule has 25 heavy (non-hydrogen) atoms. The minimum atomic E-state index is -0.997. The third kappa shape index (κ3) is 5.16. The number of carbonyl (C=O) groups is 2. The van der Waals surface area contributed by atoms with Crippen molar-refractivity contribution in [1.29, 1.82) is 0 Å². The summed E-state index contributed by atoms with van der Waals surface area (Å²) in [6.45, 7) is 6.55. The zero-order chi connectivity index (χ0) is 18.4. The van der Waals surface area contributed by atoms with Gasteiger partial charge in [-0.2, -0.15) is 0 Å². The number of halogens is 1.